The topological polar surface area (TPSA) is 54.0 Å². The van der Waals surface area contributed by atoms with Gasteiger partial charge in [0.05, 0.1) is 18.9 Å². The van der Waals surface area contributed by atoms with Gasteiger partial charge in [-0.25, -0.2) is 4.79 Å². The molecule has 0 bridgehead atoms. The Balaban J connectivity index is 1.21. The van der Waals surface area contributed by atoms with Crippen molar-refractivity contribution in [1.29, 1.82) is 0 Å². The third kappa shape index (κ3) is 5.67. The van der Waals surface area contributed by atoms with Crippen molar-refractivity contribution in [2.45, 2.75) is 38.3 Å². The van der Waals surface area contributed by atoms with Gasteiger partial charge in [-0.2, -0.15) is 0 Å². The number of nitrogens with zero attached hydrogens (tertiary/aromatic N) is 2. The first-order valence-electron chi connectivity index (χ1n) is 11.3. The number of carbonyl (C=O) groups excluding carboxylic acids is 1. The molecule has 2 aromatic carbocycles. The molecule has 32 heavy (non-hydrogen) atoms. The molecule has 2 amide bonds. The molecule has 1 aliphatic carbocycles. The largest absolute Gasteiger partial charge is 0.495 e. The zero-order valence-corrected chi connectivity index (χ0v) is 19.6. The molecule has 7 heteroatoms. The van der Waals surface area contributed by atoms with Crippen molar-refractivity contribution in [3.8, 4) is 11.5 Å². The van der Waals surface area contributed by atoms with Crippen LogP contribution in [0, 0.1) is 5.92 Å². The number of rotatable bonds is 8. The van der Waals surface area contributed by atoms with Gasteiger partial charge in [-0.05, 0) is 74.5 Å². The van der Waals surface area contributed by atoms with Crippen molar-refractivity contribution in [3.63, 3.8) is 0 Å². The first-order valence-corrected chi connectivity index (χ1v) is 11.7. The number of carbonyl (C=O) groups is 1. The van der Waals surface area contributed by atoms with Crippen LogP contribution in [0.1, 0.15) is 31.2 Å². The Morgan fingerprint density at radius 1 is 1.19 bits per heavy atom. The van der Waals surface area contributed by atoms with E-state index in [0.29, 0.717) is 23.9 Å². The van der Waals surface area contributed by atoms with Crippen molar-refractivity contribution in [3.05, 3.63) is 53.1 Å². The molecule has 1 aliphatic heterocycles. The van der Waals surface area contributed by atoms with Crippen LogP contribution in [0.5, 0.6) is 11.5 Å². The summed E-state index contributed by atoms with van der Waals surface area (Å²) in [5.74, 6) is 1.90. The lowest BCUT2D eigenvalue weighted by atomic mass is 9.82. The lowest BCUT2D eigenvalue weighted by Crippen LogP contribution is -2.43. The van der Waals surface area contributed by atoms with E-state index in [-0.39, 0.29) is 12.1 Å². The molecular weight excluding hydrogens is 426 g/mol. The lowest BCUT2D eigenvalue weighted by molar-refractivity contribution is 0.0532. The van der Waals surface area contributed by atoms with E-state index >= 15 is 0 Å². The predicted molar refractivity (Wildman–Crippen MR) is 128 cm³/mol. The zero-order chi connectivity index (χ0) is 22.5. The predicted octanol–water partition coefficient (Wildman–Crippen LogP) is 5.27. The van der Waals surface area contributed by atoms with Crippen LogP contribution in [-0.2, 0) is 6.54 Å². The Morgan fingerprint density at radius 3 is 2.66 bits per heavy atom. The Hall–Kier alpha value is -2.44. The lowest BCUT2D eigenvalue weighted by Gasteiger charge is -2.37. The molecule has 0 atom stereocenters. The maximum Gasteiger partial charge on any atom is 0.321 e. The number of hydrogen-bond donors (Lipinski definition) is 1. The molecule has 1 saturated heterocycles. The average molecular weight is 458 g/mol. The third-order valence-corrected chi connectivity index (χ3v) is 6.69. The van der Waals surface area contributed by atoms with E-state index < -0.39 is 0 Å². The Bertz CT molecular complexity index is 926. The summed E-state index contributed by atoms with van der Waals surface area (Å²) in [5.41, 5.74) is 1.84. The normalized spacial score (nSPS) is 20.5. The van der Waals surface area contributed by atoms with Crippen molar-refractivity contribution >= 4 is 23.3 Å². The van der Waals surface area contributed by atoms with Gasteiger partial charge in [0.1, 0.15) is 11.5 Å². The minimum Gasteiger partial charge on any atom is -0.495 e. The molecule has 1 heterocycles. The SMILES string of the molecule is COc1ccccc1NC(=O)N(C)CC1CC(Oc2ccc(CN3CCCC3)c(Cl)c2)C1. The van der Waals surface area contributed by atoms with E-state index in [0.717, 1.165) is 48.8 Å². The van der Waals surface area contributed by atoms with Crippen molar-refractivity contribution in [2.75, 3.05) is 39.1 Å². The molecular formula is C25H32ClN3O3. The minimum absolute atomic E-state index is 0.140. The van der Waals surface area contributed by atoms with Gasteiger partial charge in [-0.3, -0.25) is 4.90 Å². The number of urea groups is 1. The molecule has 0 aromatic heterocycles. The summed E-state index contributed by atoms with van der Waals surface area (Å²) < 4.78 is 11.4. The van der Waals surface area contributed by atoms with Crippen LogP contribution in [0.4, 0.5) is 10.5 Å². The van der Waals surface area contributed by atoms with Crippen LogP contribution >= 0.6 is 11.6 Å². The van der Waals surface area contributed by atoms with E-state index in [1.54, 1.807) is 12.0 Å². The molecule has 2 aromatic rings. The van der Waals surface area contributed by atoms with Gasteiger partial charge in [0.2, 0.25) is 0 Å². The highest BCUT2D eigenvalue weighted by Crippen LogP contribution is 2.34. The molecule has 4 rings (SSSR count). The number of amides is 2. The number of nitrogens with one attached hydrogen (secondary N) is 1. The summed E-state index contributed by atoms with van der Waals surface area (Å²) in [6.07, 6.45) is 4.59. The Morgan fingerprint density at radius 2 is 1.94 bits per heavy atom. The molecule has 1 N–H and O–H groups in total. The number of methoxy groups -OCH3 is 1. The highest BCUT2D eigenvalue weighted by atomic mass is 35.5. The van der Waals surface area contributed by atoms with Crippen molar-refractivity contribution in [2.24, 2.45) is 5.92 Å². The number of ether oxygens (including phenoxy) is 2. The van der Waals surface area contributed by atoms with Crippen LogP contribution in [0.15, 0.2) is 42.5 Å². The highest BCUT2D eigenvalue weighted by Gasteiger charge is 2.32. The van der Waals surface area contributed by atoms with Gasteiger partial charge in [0.25, 0.3) is 0 Å². The van der Waals surface area contributed by atoms with Gasteiger partial charge in [-0.15, -0.1) is 0 Å². The van der Waals surface area contributed by atoms with Gasteiger partial charge >= 0.3 is 6.03 Å². The van der Waals surface area contributed by atoms with Crippen LogP contribution in [-0.4, -0.2) is 55.7 Å². The number of halogens is 1. The molecule has 2 aliphatic rings. The summed E-state index contributed by atoms with van der Waals surface area (Å²) in [7, 11) is 3.41. The second-order valence-corrected chi connectivity index (χ2v) is 9.23. The van der Waals surface area contributed by atoms with Gasteiger partial charge in [0, 0.05) is 25.2 Å². The second-order valence-electron chi connectivity index (χ2n) is 8.82. The fourth-order valence-electron chi connectivity index (χ4n) is 4.45. The van der Waals surface area contributed by atoms with Crippen molar-refractivity contribution in [1.82, 2.24) is 9.80 Å². The van der Waals surface area contributed by atoms with E-state index in [9.17, 15) is 4.79 Å². The molecule has 0 spiro atoms. The first kappa shape index (κ1) is 22.7. The monoisotopic (exact) mass is 457 g/mol. The first-order chi connectivity index (χ1) is 15.5. The minimum atomic E-state index is -0.140. The van der Waals surface area contributed by atoms with Crippen LogP contribution in [0.25, 0.3) is 0 Å². The molecule has 2 fully saturated rings. The highest BCUT2D eigenvalue weighted by molar-refractivity contribution is 6.31. The maximum atomic E-state index is 12.5. The van der Waals surface area contributed by atoms with Crippen molar-refractivity contribution < 1.29 is 14.3 Å². The fraction of sp³-hybridized carbons (Fsp3) is 0.480. The van der Waals surface area contributed by atoms with Gasteiger partial charge in [-0.1, -0.05) is 29.8 Å². The fourth-order valence-corrected chi connectivity index (χ4v) is 4.68. The summed E-state index contributed by atoms with van der Waals surface area (Å²) in [5, 5.41) is 3.69. The van der Waals surface area contributed by atoms with Crippen LogP contribution in [0.2, 0.25) is 5.02 Å². The Kier molecular flexibility index (Phi) is 7.43. The Labute approximate surface area is 195 Å². The second kappa shape index (κ2) is 10.5. The van der Waals surface area contributed by atoms with E-state index in [4.69, 9.17) is 21.1 Å². The van der Waals surface area contributed by atoms with E-state index in [1.165, 1.54) is 12.8 Å². The third-order valence-electron chi connectivity index (χ3n) is 6.34. The molecule has 6 nitrogen and oxygen atoms in total. The van der Waals surface area contributed by atoms with Gasteiger partial charge < -0.3 is 19.7 Å². The molecule has 1 saturated carbocycles. The van der Waals surface area contributed by atoms with E-state index in [2.05, 4.69) is 16.3 Å². The standard InChI is InChI=1S/C25H32ClN3O3/c1-28(25(30)27-23-7-3-4-8-24(23)31-2)16-18-13-21(14-18)32-20-10-9-19(22(26)15-20)17-29-11-5-6-12-29/h3-4,7-10,15,18,21H,5-6,11-14,16-17H2,1-2H3,(H,27,30). The molecule has 0 radical (unpaired) electrons. The summed E-state index contributed by atoms with van der Waals surface area (Å²) in [6.45, 7) is 3.91. The van der Waals surface area contributed by atoms with Crippen LogP contribution < -0.4 is 14.8 Å². The number of hydrogen-bond acceptors (Lipinski definition) is 4. The average Bonchev–Trinajstić information content (AvgIpc) is 3.27. The number of para-hydroxylation sites is 2. The van der Waals surface area contributed by atoms with Gasteiger partial charge in [0.15, 0.2) is 0 Å². The quantitative estimate of drug-likeness (QED) is 0.587. The zero-order valence-electron chi connectivity index (χ0n) is 18.9. The number of likely N-dealkylation sites (tertiary alicyclic amines) is 1. The molecule has 172 valence electrons. The molecule has 0 unspecified atom stereocenters. The van der Waals surface area contributed by atoms with Crippen LogP contribution in [0.3, 0.4) is 0 Å². The summed E-state index contributed by atoms with van der Waals surface area (Å²) in [6, 6.07) is 13.3. The summed E-state index contributed by atoms with van der Waals surface area (Å²) in [4.78, 5) is 16.7. The number of benzene rings is 2. The van der Waals surface area contributed by atoms with E-state index in [1.807, 2.05) is 43.4 Å². The number of anilines is 1. The smallest absolute Gasteiger partial charge is 0.321 e. The summed E-state index contributed by atoms with van der Waals surface area (Å²) >= 11 is 6.51. The maximum absolute atomic E-state index is 12.5.